The van der Waals surface area contributed by atoms with Gasteiger partial charge in [-0.05, 0) is 77.7 Å². The van der Waals surface area contributed by atoms with Crippen LogP contribution in [-0.4, -0.2) is 98.5 Å². The van der Waals surface area contributed by atoms with E-state index < -0.39 is 0 Å². The van der Waals surface area contributed by atoms with E-state index in [1.807, 2.05) is 0 Å². The smallest absolute Gasteiger partial charge is 0.305 e. The minimum absolute atomic E-state index is 0.0787. The van der Waals surface area contributed by atoms with Crippen LogP contribution < -0.4 is 0 Å². The molecule has 0 aliphatic heterocycles. The standard InChI is InChI=1S/C53H104N2O7/c1-4-7-10-13-16-19-22-25-28-31-48-60-51(57)38-34-41-54(42-35-39-52(58)61-49-32-29-26-23-20-17-14-11-8-5-2)44-37-45-55(46-47-56)43-36-40-53(59)62-50-33-30-27-24-21-18-15-12-9-6-3/h56H,4-50H2,1-3H3. The maximum absolute atomic E-state index is 12.6. The number of aliphatic hydroxyl groups excluding tert-OH is 1. The molecule has 1 N–H and O–H groups in total. The summed E-state index contributed by atoms with van der Waals surface area (Å²) >= 11 is 0. The van der Waals surface area contributed by atoms with Gasteiger partial charge in [0.1, 0.15) is 0 Å². The van der Waals surface area contributed by atoms with Crippen LogP contribution in [0, 0.1) is 0 Å². The van der Waals surface area contributed by atoms with E-state index in [1.165, 1.54) is 154 Å². The van der Waals surface area contributed by atoms with Crippen molar-refractivity contribution < 1.29 is 33.7 Å². The van der Waals surface area contributed by atoms with Crippen LogP contribution in [0.1, 0.15) is 258 Å². The van der Waals surface area contributed by atoms with Crippen molar-refractivity contribution in [2.45, 2.75) is 258 Å². The number of esters is 3. The molecule has 0 fully saturated rings. The molecule has 0 radical (unpaired) electrons. The summed E-state index contributed by atoms with van der Waals surface area (Å²) < 4.78 is 16.7. The Bertz CT molecular complexity index is 907. The van der Waals surface area contributed by atoms with Crippen LogP contribution in [0.5, 0.6) is 0 Å². The van der Waals surface area contributed by atoms with Gasteiger partial charge in [-0.25, -0.2) is 0 Å². The van der Waals surface area contributed by atoms with Crippen LogP contribution in [0.25, 0.3) is 0 Å². The Morgan fingerprint density at radius 2 is 0.532 bits per heavy atom. The molecule has 0 saturated heterocycles. The minimum atomic E-state index is -0.125. The molecular weight excluding hydrogens is 777 g/mol. The fraction of sp³-hybridized carbons (Fsp3) is 0.943. The molecule has 0 bridgehead atoms. The number of aliphatic hydroxyl groups is 1. The number of nitrogens with zero attached hydrogens (tertiary/aromatic N) is 2. The summed E-state index contributed by atoms with van der Waals surface area (Å²) in [6, 6.07) is 0. The molecule has 0 amide bonds. The lowest BCUT2D eigenvalue weighted by Gasteiger charge is -2.25. The summed E-state index contributed by atoms with van der Waals surface area (Å²) in [5.41, 5.74) is 0. The monoisotopic (exact) mass is 881 g/mol. The third kappa shape index (κ3) is 46.3. The summed E-state index contributed by atoms with van der Waals surface area (Å²) in [4.78, 5) is 42.1. The molecule has 0 aromatic carbocycles. The highest BCUT2D eigenvalue weighted by Crippen LogP contribution is 2.14. The highest BCUT2D eigenvalue weighted by molar-refractivity contribution is 5.70. The van der Waals surface area contributed by atoms with Crippen LogP contribution in [0.2, 0.25) is 0 Å². The molecular formula is C53H104N2O7. The van der Waals surface area contributed by atoms with Crippen molar-refractivity contribution in [3.05, 3.63) is 0 Å². The third-order valence-corrected chi connectivity index (χ3v) is 12.2. The lowest BCUT2D eigenvalue weighted by Crippen LogP contribution is -2.34. The molecule has 9 nitrogen and oxygen atoms in total. The van der Waals surface area contributed by atoms with Crippen molar-refractivity contribution >= 4 is 17.9 Å². The summed E-state index contributed by atoms with van der Waals surface area (Å²) in [5.74, 6) is -0.361. The number of carbonyl (C=O) groups is 3. The zero-order valence-corrected chi connectivity index (χ0v) is 41.5. The van der Waals surface area contributed by atoms with Gasteiger partial charge in [0.15, 0.2) is 0 Å². The Hall–Kier alpha value is -1.71. The average Bonchev–Trinajstić information content (AvgIpc) is 3.26. The first-order chi connectivity index (χ1) is 30.5. The molecule has 0 heterocycles. The van der Waals surface area contributed by atoms with Gasteiger partial charge in [-0.2, -0.15) is 0 Å². The molecule has 0 unspecified atom stereocenters. The van der Waals surface area contributed by atoms with Gasteiger partial charge in [0.25, 0.3) is 0 Å². The fourth-order valence-electron chi connectivity index (χ4n) is 8.21. The molecule has 0 spiro atoms. The zero-order valence-electron chi connectivity index (χ0n) is 41.5. The van der Waals surface area contributed by atoms with E-state index in [-0.39, 0.29) is 24.5 Å². The molecule has 368 valence electrons. The predicted molar refractivity (Wildman–Crippen MR) is 261 cm³/mol. The normalized spacial score (nSPS) is 11.5. The van der Waals surface area contributed by atoms with Crippen molar-refractivity contribution in [1.29, 1.82) is 0 Å². The van der Waals surface area contributed by atoms with E-state index in [1.54, 1.807) is 0 Å². The number of carbonyl (C=O) groups excluding carboxylic acids is 3. The molecule has 0 aromatic rings. The second kappa shape index (κ2) is 50.3. The van der Waals surface area contributed by atoms with Crippen LogP contribution in [0.4, 0.5) is 0 Å². The van der Waals surface area contributed by atoms with Gasteiger partial charge < -0.3 is 29.1 Å². The Morgan fingerprint density at radius 3 is 0.790 bits per heavy atom. The molecule has 0 aliphatic carbocycles. The maximum atomic E-state index is 12.6. The van der Waals surface area contributed by atoms with E-state index in [0.717, 1.165) is 90.5 Å². The molecule has 0 atom stereocenters. The summed E-state index contributed by atoms with van der Waals surface area (Å²) in [7, 11) is 0. The molecule has 0 aliphatic rings. The molecule has 0 aromatic heterocycles. The lowest BCUT2D eigenvalue weighted by atomic mass is 10.1. The topological polar surface area (TPSA) is 106 Å². The van der Waals surface area contributed by atoms with Gasteiger partial charge in [0, 0.05) is 25.8 Å². The second-order valence-electron chi connectivity index (χ2n) is 18.3. The largest absolute Gasteiger partial charge is 0.466 e. The highest BCUT2D eigenvalue weighted by atomic mass is 16.5. The molecule has 0 rings (SSSR count). The summed E-state index contributed by atoms with van der Waals surface area (Å²) in [6.45, 7) is 12.9. The van der Waals surface area contributed by atoms with Crippen LogP contribution in [-0.2, 0) is 28.6 Å². The first-order valence-electron chi connectivity index (χ1n) is 27.0. The highest BCUT2D eigenvalue weighted by Gasteiger charge is 2.13. The van der Waals surface area contributed by atoms with Gasteiger partial charge in [-0.3, -0.25) is 14.4 Å². The number of hydrogen-bond acceptors (Lipinski definition) is 9. The van der Waals surface area contributed by atoms with Crippen molar-refractivity contribution in [3.63, 3.8) is 0 Å². The number of rotatable bonds is 51. The van der Waals surface area contributed by atoms with E-state index in [9.17, 15) is 19.5 Å². The molecule has 62 heavy (non-hydrogen) atoms. The number of hydrogen-bond donors (Lipinski definition) is 1. The Kier molecular flexibility index (Phi) is 48.9. The van der Waals surface area contributed by atoms with E-state index in [4.69, 9.17) is 14.2 Å². The van der Waals surface area contributed by atoms with Crippen LogP contribution in [0.15, 0.2) is 0 Å². The zero-order chi connectivity index (χ0) is 45.2. The van der Waals surface area contributed by atoms with Crippen molar-refractivity contribution in [2.24, 2.45) is 0 Å². The Morgan fingerprint density at radius 1 is 0.306 bits per heavy atom. The van der Waals surface area contributed by atoms with Crippen LogP contribution >= 0.6 is 0 Å². The number of ether oxygens (including phenoxy) is 3. The second-order valence-corrected chi connectivity index (χ2v) is 18.3. The Balaban J connectivity index is 4.53. The van der Waals surface area contributed by atoms with E-state index in [2.05, 4.69) is 30.6 Å². The van der Waals surface area contributed by atoms with Gasteiger partial charge >= 0.3 is 17.9 Å². The van der Waals surface area contributed by atoms with E-state index in [0.29, 0.717) is 52.0 Å². The quantitative estimate of drug-likeness (QED) is 0.0363. The maximum Gasteiger partial charge on any atom is 0.305 e. The van der Waals surface area contributed by atoms with Gasteiger partial charge in [0.05, 0.1) is 26.4 Å². The summed E-state index contributed by atoms with van der Waals surface area (Å²) in [6.07, 6.45) is 42.0. The SMILES string of the molecule is CCCCCCCCCCCCOC(=O)CCCN(CCO)CCCN(CCCC(=O)OCCCCCCCCCCCC)CCCC(=O)OCCCCCCCCCCCC. The van der Waals surface area contributed by atoms with Crippen molar-refractivity contribution in [2.75, 3.05) is 65.7 Å². The van der Waals surface area contributed by atoms with Gasteiger partial charge in [-0.15, -0.1) is 0 Å². The predicted octanol–water partition coefficient (Wildman–Crippen LogP) is 13.7. The van der Waals surface area contributed by atoms with Crippen molar-refractivity contribution in [3.8, 4) is 0 Å². The van der Waals surface area contributed by atoms with Gasteiger partial charge in [0.2, 0.25) is 0 Å². The fourth-order valence-corrected chi connectivity index (χ4v) is 8.21. The third-order valence-electron chi connectivity index (χ3n) is 12.2. The first kappa shape index (κ1) is 60.3. The average molecular weight is 881 g/mol. The molecule has 9 heteroatoms. The number of unbranched alkanes of at least 4 members (excludes halogenated alkanes) is 27. The van der Waals surface area contributed by atoms with Crippen molar-refractivity contribution in [1.82, 2.24) is 9.80 Å². The first-order valence-corrected chi connectivity index (χ1v) is 27.0. The lowest BCUT2D eigenvalue weighted by molar-refractivity contribution is -0.145. The minimum Gasteiger partial charge on any atom is -0.466 e. The summed E-state index contributed by atoms with van der Waals surface area (Å²) in [5, 5.41) is 9.75. The Labute approximate surface area is 384 Å². The van der Waals surface area contributed by atoms with Crippen LogP contribution in [0.3, 0.4) is 0 Å². The van der Waals surface area contributed by atoms with Gasteiger partial charge in [-0.1, -0.05) is 194 Å². The molecule has 0 saturated carbocycles. The van der Waals surface area contributed by atoms with E-state index >= 15 is 0 Å².